The van der Waals surface area contributed by atoms with Gasteiger partial charge in [-0.3, -0.25) is 0 Å². The van der Waals surface area contributed by atoms with E-state index in [1.165, 1.54) is 59.8 Å². The first-order valence-electron chi connectivity index (χ1n) is 18.8. The number of rotatable bonds is 5. The lowest BCUT2D eigenvalue weighted by Gasteiger charge is -2.28. The number of hydrogen-bond acceptors (Lipinski definition) is 2. The molecule has 1 unspecified atom stereocenters. The van der Waals surface area contributed by atoms with Crippen molar-refractivity contribution in [3.63, 3.8) is 0 Å². The van der Waals surface area contributed by atoms with Gasteiger partial charge in [0, 0.05) is 33.5 Å². The van der Waals surface area contributed by atoms with Crippen molar-refractivity contribution in [2.45, 2.75) is 12.3 Å². The fourth-order valence-electron chi connectivity index (χ4n) is 8.78. The molecule has 11 rings (SSSR count). The van der Waals surface area contributed by atoms with Gasteiger partial charge in [0.05, 0.1) is 5.69 Å². The van der Waals surface area contributed by atoms with E-state index in [9.17, 15) is 0 Å². The molecule has 0 bridgehead atoms. The molecule has 0 saturated carbocycles. The molecule has 0 saturated heterocycles. The first-order chi connectivity index (χ1) is 26.8. The summed E-state index contributed by atoms with van der Waals surface area (Å²) in [6.45, 7) is 0. The fraction of sp³-hybridized carbons (Fsp3) is 0.0385. The van der Waals surface area contributed by atoms with E-state index in [1.807, 2.05) is 6.07 Å². The highest BCUT2D eigenvalue weighted by atomic mass is 16.3. The SMILES string of the molecule is C1=CCC(c2ccc(N(c3ccc(-c4cc5c6ccccc6ccc5c5ccccc45)cc3)c3cccc4c3ccc3oc5ccccc5c34)cc2)C=C1. The Kier molecular flexibility index (Phi) is 7.03. The highest BCUT2D eigenvalue weighted by molar-refractivity contribution is 6.22. The number of allylic oxidation sites excluding steroid dienone is 4. The van der Waals surface area contributed by atoms with Gasteiger partial charge in [-0.25, -0.2) is 0 Å². The fourth-order valence-corrected chi connectivity index (χ4v) is 8.78. The molecule has 0 spiro atoms. The average molecular weight is 690 g/mol. The Morgan fingerprint density at radius 3 is 1.96 bits per heavy atom. The van der Waals surface area contributed by atoms with E-state index in [4.69, 9.17) is 4.42 Å². The summed E-state index contributed by atoms with van der Waals surface area (Å²) in [5.74, 6) is 0.394. The standard InChI is InChI=1S/C52H35NO/c1-2-11-34(12-3-1)35-21-26-38(27-22-35)53(49-19-10-18-45-44(49)31-32-51-52(45)46-17-8-9-20-50(46)54-51)39-28-23-37(24-29-39)47-33-48-40-14-5-4-13-36(40)25-30-43(48)41-15-6-7-16-42(41)47/h1-11,13-34H,12H2. The minimum Gasteiger partial charge on any atom is -0.456 e. The van der Waals surface area contributed by atoms with Crippen molar-refractivity contribution in [2.24, 2.45) is 0 Å². The third-order valence-electron chi connectivity index (χ3n) is 11.4. The lowest BCUT2D eigenvalue weighted by molar-refractivity contribution is 0.669. The summed E-state index contributed by atoms with van der Waals surface area (Å²) in [5, 5.41) is 12.3. The third kappa shape index (κ3) is 4.88. The van der Waals surface area contributed by atoms with Crippen molar-refractivity contribution in [3.05, 3.63) is 200 Å². The van der Waals surface area contributed by atoms with E-state index < -0.39 is 0 Å². The van der Waals surface area contributed by atoms with Crippen LogP contribution in [-0.2, 0) is 0 Å². The summed E-state index contributed by atoms with van der Waals surface area (Å²) in [5.41, 5.74) is 8.94. The molecule has 0 aliphatic heterocycles. The molecule has 54 heavy (non-hydrogen) atoms. The summed E-state index contributed by atoms with van der Waals surface area (Å²) in [6, 6.07) is 62.1. The molecule has 254 valence electrons. The van der Waals surface area contributed by atoms with Gasteiger partial charge in [-0.15, -0.1) is 0 Å². The van der Waals surface area contributed by atoms with Gasteiger partial charge in [-0.2, -0.15) is 0 Å². The smallest absolute Gasteiger partial charge is 0.136 e. The monoisotopic (exact) mass is 689 g/mol. The van der Waals surface area contributed by atoms with Gasteiger partial charge in [-0.05, 0) is 115 Å². The summed E-state index contributed by atoms with van der Waals surface area (Å²) in [6.07, 6.45) is 9.88. The summed E-state index contributed by atoms with van der Waals surface area (Å²) in [7, 11) is 0. The van der Waals surface area contributed by atoms with Crippen molar-refractivity contribution in [1.29, 1.82) is 0 Å². The van der Waals surface area contributed by atoms with Crippen LogP contribution in [0.4, 0.5) is 17.1 Å². The predicted octanol–water partition coefficient (Wildman–Crippen LogP) is 14.9. The Morgan fingerprint density at radius 2 is 1.15 bits per heavy atom. The normalized spacial score (nSPS) is 14.3. The van der Waals surface area contributed by atoms with Crippen LogP contribution in [0.25, 0.3) is 76.2 Å². The maximum absolute atomic E-state index is 6.31. The summed E-state index contributed by atoms with van der Waals surface area (Å²) >= 11 is 0. The van der Waals surface area contributed by atoms with Crippen LogP contribution in [0.3, 0.4) is 0 Å². The second-order valence-electron chi connectivity index (χ2n) is 14.4. The maximum atomic E-state index is 6.31. The van der Waals surface area contributed by atoms with Crippen LogP contribution in [0, 0.1) is 0 Å². The van der Waals surface area contributed by atoms with Gasteiger partial charge in [0.15, 0.2) is 0 Å². The van der Waals surface area contributed by atoms with Gasteiger partial charge in [0.25, 0.3) is 0 Å². The van der Waals surface area contributed by atoms with E-state index >= 15 is 0 Å². The van der Waals surface area contributed by atoms with Crippen LogP contribution in [0.1, 0.15) is 17.9 Å². The molecule has 0 radical (unpaired) electrons. The number of fused-ring (bicyclic) bond motifs is 10. The lowest BCUT2D eigenvalue weighted by Crippen LogP contribution is -2.10. The molecule has 0 N–H and O–H groups in total. The number of para-hydroxylation sites is 1. The summed E-state index contributed by atoms with van der Waals surface area (Å²) < 4.78 is 6.31. The van der Waals surface area contributed by atoms with Crippen LogP contribution in [0.15, 0.2) is 199 Å². The molecular formula is C52H35NO. The van der Waals surface area contributed by atoms with Crippen molar-refractivity contribution in [2.75, 3.05) is 4.90 Å². The number of hydrogen-bond donors (Lipinski definition) is 0. The van der Waals surface area contributed by atoms with Crippen molar-refractivity contribution >= 4 is 82.1 Å². The Morgan fingerprint density at radius 1 is 0.463 bits per heavy atom. The van der Waals surface area contributed by atoms with Crippen LogP contribution in [0.2, 0.25) is 0 Å². The maximum Gasteiger partial charge on any atom is 0.136 e. The first-order valence-corrected chi connectivity index (χ1v) is 18.8. The van der Waals surface area contributed by atoms with Gasteiger partial charge < -0.3 is 9.32 Å². The van der Waals surface area contributed by atoms with Crippen molar-refractivity contribution < 1.29 is 4.42 Å². The quantitative estimate of drug-likeness (QED) is 0.167. The molecule has 1 atom stereocenters. The molecule has 10 aromatic rings. The zero-order chi connectivity index (χ0) is 35.6. The van der Waals surface area contributed by atoms with Gasteiger partial charge >= 0.3 is 0 Å². The minimum atomic E-state index is 0.394. The molecule has 2 nitrogen and oxygen atoms in total. The van der Waals surface area contributed by atoms with Crippen LogP contribution in [-0.4, -0.2) is 0 Å². The number of nitrogens with zero attached hydrogens (tertiary/aromatic N) is 1. The van der Waals surface area contributed by atoms with E-state index in [0.717, 1.165) is 45.4 Å². The highest BCUT2D eigenvalue weighted by Gasteiger charge is 2.20. The van der Waals surface area contributed by atoms with Crippen molar-refractivity contribution in [1.82, 2.24) is 0 Å². The molecule has 9 aromatic carbocycles. The largest absolute Gasteiger partial charge is 0.456 e. The Labute approximate surface area is 313 Å². The van der Waals surface area contributed by atoms with Gasteiger partial charge in [-0.1, -0.05) is 140 Å². The molecule has 0 amide bonds. The minimum absolute atomic E-state index is 0.394. The number of benzene rings is 9. The number of furan rings is 1. The van der Waals surface area contributed by atoms with E-state index in [2.05, 4.69) is 193 Å². The topological polar surface area (TPSA) is 16.4 Å². The third-order valence-corrected chi connectivity index (χ3v) is 11.4. The number of anilines is 3. The van der Waals surface area contributed by atoms with Crippen LogP contribution >= 0.6 is 0 Å². The Balaban J connectivity index is 1.09. The second kappa shape index (κ2) is 12.4. The predicted molar refractivity (Wildman–Crippen MR) is 230 cm³/mol. The second-order valence-corrected chi connectivity index (χ2v) is 14.4. The molecular weight excluding hydrogens is 655 g/mol. The molecule has 1 aromatic heterocycles. The van der Waals surface area contributed by atoms with Crippen LogP contribution < -0.4 is 4.90 Å². The Hall–Kier alpha value is -6.90. The van der Waals surface area contributed by atoms with Gasteiger partial charge in [0.2, 0.25) is 0 Å². The molecule has 0 fully saturated rings. The Bertz CT molecular complexity index is 3130. The van der Waals surface area contributed by atoms with Crippen LogP contribution in [0.5, 0.6) is 0 Å². The van der Waals surface area contributed by atoms with E-state index in [0.29, 0.717) is 5.92 Å². The average Bonchev–Trinajstić information content (AvgIpc) is 3.64. The zero-order valence-electron chi connectivity index (χ0n) is 29.6. The molecule has 2 heteroatoms. The molecule has 1 aliphatic carbocycles. The molecule has 1 aliphatic rings. The molecule has 1 heterocycles. The lowest BCUT2D eigenvalue weighted by atomic mass is 9.91. The zero-order valence-corrected chi connectivity index (χ0v) is 29.6. The first kappa shape index (κ1) is 30.7. The van der Waals surface area contributed by atoms with E-state index in [1.54, 1.807) is 0 Å². The van der Waals surface area contributed by atoms with Crippen molar-refractivity contribution in [3.8, 4) is 11.1 Å². The highest BCUT2D eigenvalue weighted by Crippen LogP contribution is 2.44. The van der Waals surface area contributed by atoms with Gasteiger partial charge in [0.1, 0.15) is 11.2 Å². The van der Waals surface area contributed by atoms with E-state index in [-0.39, 0.29) is 0 Å². The summed E-state index contributed by atoms with van der Waals surface area (Å²) in [4.78, 5) is 2.41.